The molecule has 28 heavy (non-hydrogen) atoms. The minimum atomic E-state index is -0.700. The molecule has 0 unspecified atom stereocenters. The Morgan fingerprint density at radius 2 is 1.82 bits per heavy atom. The first-order valence-electron chi connectivity index (χ1n) is 9.06. The lowest BCUT2D eigenvalue weighted by Gasteiger charge is -2.26. The van der Waals surface area contributed by atoms with Crippen LogP contribution in [-0.4, -0.2) is 37.4 Å². The second-order valence-electron chi connectivity index (χ2n) is 6.91. The highest BCUT2D eigenvalue weighted by molar-refractivity contribution is 6.13. The van der Waals surface area contributed by atoms with Crippen molar-refractivity contribution in [3.8, 4) is 5.75 Å². The highest BCUT2D eigenvalue weighted by Crippen LogP contribution is 2.26. The molecule has 2 aromatic rings. The van der Waals surface area contributed by atoms with Crippen molar-refractivity contribution < 1.29 is 19.1 Å². The predicted octanol–water partition coefficient (Wildman–Crippen LogP) is 2.43. The van der Waals surface area contributed by atoms with Gasteiger partial charge in [-0.2, -0.15) is 0 Å². The summed E-state index contributed by atoms with van der Waals surface area (Å²) >= 11 is 0. The minimum absolute atomic E-state index is 0.113. The Bertz CT molecular complexity index is 893. The van der Waals surface area contributed by atoms with Crippen molar-refractivity contribution in [1.29, 1.82) is 0 Å². The highest BCUT2D eigenvalue weighted by Gasteiger charge is 2.36. The van der Waals surface area contributed by atoms with Crippen LogP contribution in [0.3, 0.4) is 0 Å². The zero-order valence-corrected chi connectivity index (χ0v) is 16.1. The van der Waals surface area contributed by atoms with E-state index in [0.29, 0.717) is 22.7 Å². The molecule has 1 aliphatic rings. The number of carbonyl (C=O) groups is 3. The van der Waals surface area contributed by atoms with Gasteiger partial charge in [0.1, 0.15) is 18.3 Å². The van der Waals surface area contributed by atoms with E-state index in [1.54, 1.807) is 55.6 Å². The number of anilines is 2. The van der Waals surface area contributed by atoms with Crippen LogP contribution in [0.1, 0.15) is 24.2 Å². The molecule has 1 aliphatic heterocycles. The van der Waals surface area contributed by atoms with Crippen LogP contribution in [0.4, 0.5) is 11.4 Å². The molecular weight excluding hydrogens is 358 g/mol. The smallest absolute Gasteiger partial charge is 0.254 e. The third-order valence-electron chi connectivity index (χ3n) is 4.60. The number of ether oxygens (including phenoxy) is 1. The minimum Gasteiger partial charge on any atom is -0.497 e. The number of hydrogen-bond acceptors (Lipinski definition) is 4. The van der Waals surface area contributed by atoms with Crippen molar-refractivity contribution in [2.45, 2.75) is 19.9 Å². The lowest BCUT2D eigenvalue weighted by atomic mass is 10.0. The fourth-order valence-corrected chi connectivity index (χ4v) is 3.10. The molecule has 0 aromatic heterocycles. The van der Waals surface area contributed by atoms with Gasteiger partial charge in [-0.3, -0.25) is 14.4 Å². The molecule has 0 bridgehead atoms. The highest BCUT2D eigenvalue weighted by atomic mass is 16.5. The molecule has 2 N–H and O–H groups in total. The van der Waals surface area contributed by atoms with Gasteiger partial charge in [0.05, 0.1) is 18.4 Å². The van der Waals surface area contributed by atoms with Crippen LogP contribution in [0.25, 0.3) is 0 Å². The molecule has 1 atom stereocenters. The van der Waals surface area contributed by atoms with Crippen molar-refractivity contribution in [1.82, 2.24) is 5.32 Å². The van der Waals surface area contributed by atoms with E-state index >= 15 is 0 Å². The molecule has 0 radical (unpaired) electrons. The summed E-state index contributed by atoms with van der Waals surface area (Å²) in [7, 11) is 1.57. The van der Waals surface area contributed by atoms with Gasteiger partial charge in [0.25, 0.3) is 5.91 Å². The van der Waals surface area contributed by atoms with Crippen LogP contribution in [0.15, 0.2) is 48.5 Å². The van der Waals surface area contributed by atoms with E-state index in [9.17, 15) is 14.4 Å². The van der Waals surface area contributed by atoms with Crippen molar-refractivity contribution in [2.24, 2.45) is 5.92 Å². The molecule has 0 fully saturated rings. The first kappa shape index (κ1) is 19.4. The van der Waals surface area contributed by atoms with Gasteiger partial charge in [-0.1, -0.05) is 26.0 Å². The van der Waals surface area contributed by atoms with E-state index in [2.05, 4.69) is 10.6 Å². The molecule has 7 nitrogen and oxygen atoms in total. The van der Waals surface area contributed by atoms with E-state index in [1.807, 2.05) is 13.8 Å². The molecular formula is C21H23N3O4. The number of nitrogens with zero attached hydrogens (tertiary/aromatic N) is 1. The Kier molecular flexibility index (Phi) is 5.63. The molecule has 1 heterocycles. The Hall–Kier alpha value is -3.35. The molecule has 0 saturated carbocycles. The second kappa shape index (κ2) is 8.12. The summed E-state index contributed by atoms with van der Waals surface area (Å²) in [5.74, 6) is -0.416. The van der Waals surface area contributed by atoms with Crippen LogP contribution in [-0.2, 0) is 9.59 Å². The quantitative estimate of drug-likeness (QED) is 0.833. The fourth-order valence-electron chi connectivity index (χ4n) is 3.10. The number of fused-ring (bicyclic) bond motifs is 1. The van der Waals surface area contributed by atoms with Gasteiger partial charge in [-0.05, 0) is 42.3 Å². The second-order valence-corrected chi connectivity index (χ2v) is 6.91. The molecule has 3 amide bonds. The Labute approximate surface area is 163 Å². The molecule has 2 aromatic carbocycles. The maximum Gasteiger partial charge on any atom is 0.254 e. The van der Waals surface area contributed by atoms with Crippen LogP contribution in [0.2, 0.25) is 0 Å². The molecule has 0 spiro atoms. The average molecular weight is 381 g/mol. The Morgan fingerprint density at radius 1 is 1.14 bits per heavy atom. The number of rotatable bonds is 5. The summed E-state index contributed by atoms with van der Waals surface area (Å²) in [4.78, 5) is 39.6. The van der Waals surface area contributed by atoms with Crippen molar-refractivity contribution in [3.05, 3.63) is 54.1 Å². The van der Waals surface area contributed by atoms with E-state index in [-0.39, 0.29) is 30.2 Å². The van der Waals surface area contributed by atoms with Gasteiger partial charge in [-0.15, -0.1) is 0 Å². The molecule has 0 aliphatic carbocycles. The van der Waals surface area contributed by atoms with Crippen LogP contribution in [0, 0.1) is 5.92 Å². The maximum absolute atomic E-state index is 13.1. The summed E-state index contributed by atoms with van der Waals surface area (Å²) < 4.78 is 5.10. The van der Waals surface area contributed by atoms with Crippen LogP contribution >= 0.6 is 0 Å². The Balaban J connectivity index is 1.86. The van der Waals surface area contributed by atoms with Gasteiger partial charge in [0.2, 0.25) is 11.8 Å². The number of hydrogen-bond donors (Lipinski definition) is 2. The van der Waals surface area contributed by atoms with Crippen molar-refractivity contribution >= 4 is 29.1 Å². The molecule has 7 heteroatoms. The number of methoxy groups -OCH3 is 1. The summed E-state index contributed by atoms with van der Waals surface area (Å²) in [5, 5.41) is 5.55. The van der Waals surface area contributed by atoms with Crippen molar-refractivity contribution in [2.75, 3.05) is 23.9 Å². The number of carbonyl (C=O) groups excluding carboxylic acids is 3. The van der Waals surface area contributed by atoms with E-state index in [1.165, 1.54) is 4.90 Å². The van der Waals surface area contributed by atoms with Gasteiger partial charge in [0.15, 0.2) is 0 Å². The van der Waals surface area contributed by atoms with Gasteiger partial charge in [0, 0.05) is 5.69 Å². The zero-order chi connectivity index (χ0) is 20.3. The SMILES string of the molecule is COc1ccc(NC(=O)CN2C(=O)[C@@H](C(C)C)NC(=O)c3ccccc32)cc1. The average Bonchev–Trinajstić information content (AvgIpc) is 2.79. The monoisotopic (exact) mass is 381 g/mol. The first-order valence-corrected chi connectivity index (χ1v) is 9.06. The normalized spacial score (nSPS) is 16.3. The summed E-state index contributed by atoms with van der Waals surface area (Å²) in [5.41, 5.74) is 1.39. The molecule has 3 rings (SSSR count). The standard InChI is InChI=1S/C21H23N3O4/c1-13(2)19-21(27)24(17-7-5-4-6-16(17)20(26)23-19)12-18(25)22-14-8-10-15(28-3)11-9-14/h4-11,13,19H,12H2,1-3H3,(H,22,25)(H,23,26)/t19-/m1/s1. The molecule has 0 saturated heterocycles. The number of benzene rings is 2. The van der Waals surface area contributed by atoms with Gasteiger partial charge in [-0.25, -0.2) is 0 Å². The summed E-state index contributed by atoms with van der Waals surface area (Å²) in [6.07, 6.45) is 0. The predicted molar refractivity (Wildman–Crippen MR) is 107 cm³/mol. The zero-order valence-electron chi connectivity index (χ0n) is 16.1. The maximum atomic E-state index is 13.1. The van der Waals surface area contributed by atoms with Crippen molar-refractivity contribution in [3.63, 3.8) is 0 Å². The number of amides is 3. The Morgan fingerprint density at radius 3 is 2.46 bits per heavy atom. The first-order chi connectivity index (χ1) is 13.4. The largest absolute Gasteiger partial charge is 0.497 e. The number of para-hydroxylation sites is 1. The number of nitrogens with one attached hydrogen (secondary N) is 2. The van der Waals surface area contributed by atoms with Crippen LogP contribution in [0.5, 0.6) is 5.75 Å². The lowest BCUT2D eigenvalue weighted by molar-refractivity contribution is -0.123. The lowest BCUT2D eigenvalue weighted by Crippen LogP contribution is -2.50. The topological polar surface area (TPSA) is 87.7 Å². The molecule has 146 valence electrons. The fraction of sp³-hybridized carbons (Fsp3) is 0.286. The third-order valence-corrected chi connectivity index (χ3v) is 4.60. The van der Waals surface area contributed by atoms with Gasteiger partial charge >= 0.3 is 0 Å². The summed E-state index contributed by atoms with van der Waals surface area (Å²) in [6.45, 7) is 3.52. The van der Waals surface area contributed by atoms with E-state index in [0.717, 1.165) is 0 Å². The van der Waals surface area contributed by atoms with Crippen LogP contribution < -0.4 is 20.3 Å². The van der Waals surface area contributed by atoms with Gasteiger partial charge < -0.3 is 20.3 Å². The summed E-state index contributed by atoms with van der Waals surface area (Å²) in [6, 6.07) is 13.0. The third kappa shape index (κ3) is 3.98. The van der Waals surface area contributed by atoms with E-state index < -0.39 is 6.04 Å². The van der Waals surface area contributed by atoms with E-state index in [4.69, 9.17) is 4.74 Å².